The van der Waals surface area contributed by atoms with Crippen molar-refractivity contribution >= 4 is 11.6 Å². The third-order valence-electron chi connectivity index (χ3n) is 3.70. The largest absolute Gasteiger partial charge is 0.454 e. The van der Waals surface area contributed by atoms with Crippen molar-refractivity contribution in [2.45, 2.75) is 19.9 Å². The first kappa shape index (κ1) is 15.4. The fourth-order valence-corrected chi connectivity index (χ4v) is 2.40. The van der Waals surface area contributed by atoms with Crippen molar-refractivity contribution in [2.75, 3.05) is 18.7 Å². The van der Waals surface area contributed by atoms with Crippen molar-refractivity contribution in [1.82, 2.24) is 5.32 Å². The molecule has 0 saturated heterocycles. The molecule has 120 valence electrons. The first-order valence-corrected chi connectivity index (χ1v) is 7.72. The minimum atomic E-state index is -0.0602. The molecule has 5 nitrogen and oxygen atoms in total. The molecule has 0 bridgehead atoms. The van der Waals surface area contributed by atoms with E-state index in [0.717, 1.165) is 29.2 Å². The van der Waals surface area contributed by atoms with E-state index in [1.165, 1.54) is 5.56 Å². The molecule has 1 aliphatic heterocycles. The Morgan fingerprint density at radius 1 is 1.04 bits per heavy atom. The summed E-state index contributed by atoms with van der Waals surface area (Å²) in [5.41, 5.74) is 3.12. The van der Waals surface area contributed by atoms with Gasteiger partial charge in [-0.1, -0.05) is 25.1 Å². The Kier molecular flexibility index (Phi) is 4.78. The number of ether oxygens (including phenoxy) is 2. The van der Waals surface area contributed by atoms with Gasteiger partial charge in [0.1, 0.15) is 0 Å². The molecular formula is C18H20N2O3. The van der Waals surface area contributed by atoms with Gasteiger partial charge in [-0.3, -0.25) is 4.79 Å². The smallest absolute Gasteiger partial charge is 0.238 e. The summed E-state index contributed by atoms with van der Waals surface area (Å²) in [5, 5.41) is 6.00. The lowest BCUT2D eigenvalue weighted by molar-refractivity contribution is -0.115. The van der Waals surface area contributed by atoms with Gasteiger partial charge in [0, 0.05) is 12.2 Å². The Bertz CT molecular complexity index is 683. The third-order valence-corrected chi connectivity index (χ3v) is 3.70. The first-order chi connectivity index (χ1) is 11.2. The zero-order valence-electron chi connectivity index (χ0n) is 13.1. The van der Waals surface area contributed by atoms with Gasteiger partial charge in [-0.15, -0.1) is 0 Å². The number of aryl methyl sites for hydroxylation is 1. The van der Waals surface area contributed by atoms with Crippen LogP contribution in [0.15, 0.2) is 42.5 Å². The van der Waals surface area contributed by atoms with Crippen LogP contribution in [0, 0.1) is 0 Å². The number of amides is 1. The van der Waals surface area contributed by atoms with Crippen molar-refractivity contribution in [3.63, 3.8) is 0 Å². The Balaban J connectivity index is 1.45. The first-order valence-electron chi connectivity index (χ1n) is 7.72. The predicted molar refractivity (Wildman–Crippen MR) is 88.7 cm³/mol. The highest BCUT2D eigenvalue weighted by Crippen LogP contribution is 2.32. The van der Waals surface area contributed by atoms with Crippen molar-refractivity contribution in [3.8, 4) is 11.5 Å². The van der Waals surface area contributed by atoms with E-state index in [1.807, 2.05) is 42.5 Å². The third kappa shape index (κ3) is 4.02. The molecule has 3 rings (SSSR count). The summed E-state index contributed by atoms with van der Waals surface area (Å²) in [5.74, 6) is 1.46. The molecule has 1 amide bonds. The second kappa shape index (κ2) is 7.15. The Hall–Kier alpha value is -2.53. The molecule has 2 aromatic carbocycles. The van der Waals surface area contributed by atoms with E-state index in [1.54, 1.807) is 0 Å². The number of anilines is 1. The molecule has 0 aromatic heterocycles. The van der Waals surface area contributed by atoms with Gasteiger partial charge in [0.15, 0.2) is 11.5 Å². The molecule has 1 heterocycles. The van der Waals surface area contributed by atoms with Crippen molar-refractivity contribution in [2.24, 2.45) is 0 Å². The predicted octanol–water partition coefficient (Wildman–Crippen LogP) is 2.71. The maximum atomic E-state index is 11.9. The monoisotopic (exact) mass is 312 g/mol. The lowest BCUT2D eigenvalue weighted by Gasteiger charge is -2.08. The number of carbonyl (C=O) groups is 1. The highest BCUT2D eigenvalue weighted by atomic mass is 16.7. The summed E-state index contributed by atoms with van der Waals surface area (Å²) >= 11 is 0. The van der Waals surface area contributed by atoms with Gasteiger partial charge in [-0.25, -0.2) is 0 Å². The van der Waals surface area contributed by atoms with Gasteiger partial charge in [0.05, 0.1) is 6.54 Å². The molecule has 0 atom stereocenters. The van der Waals surface area contributed by atoms with Gasteiger partial charge in [0.2, 0.25) is 12.7 Å². The number of rotatable bonds is 6. The van der Waals surface area contributed by atoms with Gasteiger partial charge in [0.25, 0.3) is 0 Å². The van der Waals surface area contributed by atoms with Crippen molar-refractivity contribution < 1.29 is 14.3 Å². The van der Waals surface area contributed by atoms with E-state index >= 15 is 0 Å². The standard InChI is InChI=1S/C18H20N2O3/c1-2-13-3-6-15(7-4-13)20-18(21)11-19-10-14-5-8-16-17(9-14)23-12-22-16/h3-9,19H,2,10-12H2,1H3,(H,20,21). The summed E-state index contributed by atoms with van der Waals surface area (Å²) in [6, 6.07) is 13.7. The molecule has 0 unspecified atom stereocenters. The summed E-state index contributed by atoms with van der Waals surface area (Å²) in [6.07, 6.45) is 0.991. The minimum Gasteiger partial charge on any atom is -0.454 e. The summed E-state index contributed by atoms with van der Waals surface area (Å²) in [6.45, 7) is 3.22. The quantitative estimate of drug-likeness (QED) is 0.861. The molecule has 2 N–H and O–H groups in total. The lowest BCUT2D eigenvalue weighted by Crippen LogP contribution is -2.27. The van der Waals surface area contributed by atoms with Crippen LogP contribution in [0.5, 0.6) is 11.5 Å². The van der Waals surface area contributed by atoms with Gasteiger partial charge >= 0.3 is 0 Å². The van der Waals surface area contributed by atoms with Crippen LogP contribution in [0.2, 0.25) is 0 Å². The fraction of sp³-hybridized carbons (Fsp3) is 0.278. The van der Waals surface area contributed by atoms with Crippen LogP contribution in [-0.2, 0) is 17.8 Å². The molecular weight excluding hydrogens is 292 g/mol. The molecule has 0 saturated carbocycles. The number of benzene rings is 2. The number of nitrogens with one attached hydrogen (secondary N) is 2. The molecule has 0 aliphatic carbocycles. The maximum absolute atomic E-state index is 11.9. The van der Waals surface area contributed by atoms with Crippen LogP contribution in [0.25, 0.3) is 0 Å². The van der Waals surface area contributed by atoms with Crippen LogP contribution in [0.4, 0.5) is 5.69 Å². The van der Waals surface area contributed by atoms with E-state index in [9.17, 15) is 4.79 Å². The van der Waals surface area contributed by atoms with Crippen LogP contribution in [-0.4, -0.2) is 19.2 Å². The van der Waals surface area contributed by atoms with Gasteiger partial charge in [-0.05, 0) is 41.8 Å². The molecule has 0 spiro atoms. The molecule has 2 aromatic rings. The highest BCUT2D eigenvalue weighted by molar-refractivity contribution is 5.92. The van der Waals surface area contributed by atoms with Crippen LogP contribution in [0.1, 0.15) is 18.1 Å². The average Bonchev–Trinajstić information content (AvgIpc) is 3.03. The maximum Gasteiger partial charge on any atom is 0.238 e. The highest BCUT2D eigenvalue weighted by Gasteiger charge is 2.13. The zero-order chi connectivity index (χ0) is 16.1. The van der Waals surface area contributed by atoms with E-state index in [0.29, 0.717) is 6.54 Å². The second-order valence-electron chi connectivity index (χ2n) is 5.39. The van der Waals surface area contributed by atoms with Crippen molar-refractivity contribution in [1.29, 1.82) is 0 Å². The van der Waals surface area contributed by atoms with Crippen LogP contribution in [0.3, 0.4) is 0 Å². The summed E-state index contributed by atoms with van der Waals surface area (Å²) < 4.78 is 10.6. The topological polar surface area (TPSA) is 59.6 Å². The second-order valence-corrected chi connectivity index (χ2v) is 5.39. The van der Waals surface area contributed by atoms with E-state index in [4.69, 9.17) is 9.47 Å². The Morgan fingerprint density at radius 2 is 1.78 bits per heavy atom. The summed E-state index contributed by atoms with van der Waals surface area (Å²) in [4.78, 5) is 11.9. The SMILES string of the molecule is CCc1ccc(NC(=O)CNCc2ccc3c(c2)OCO3)cc1. The van der Waals surface area contributed by atoms with E-state index < -0.39 is 0 Å². The number of hydrogen-bond acceptors (Lipinski definition) is 4. The van der Waals surface area contributed by atoms with Gasteiger partial charge < -0.3 is 20.1 Å². The molecule has 5 heteroatoms. The fourth-order valence-electron chi connectivity index (χ4n) is 2.40. The number of hydrogen-bond donors (Lipinski definition) is 2. The Labute approximate surface area is 135 Å². The molecule has 23 heavy (non-hydrogen) atoms. The lowest BCUT2D eigenvalue weighted by atomic mass is 10.1. The molecule has 0 fully saturated rings. The van der Waals surface area contributed by atoms with E-state index in [-0.39, 0.29) is 19.2 Å². The number of carbonyl (C=O) groups excluding carboxylic acids is 1. The molecule has 1 aliphatic rings. The molecule has 0 radical (unpaired) electrons. The summed E-state index contributed by atoms with van der Waals surface area (Å²) in [7, 11) is 0. The minimum absolute atomic E-state index is 0.0602. The van der Waals surface area contributed by atoms with Crippen LogP contribution < -0.4 is 20.1 Å². The van der Waals surface area contributed by atoms with Crippen molar-refractivity contribution in [3.05, 3.63) is 53.6 Å². The van der Waals surface area contributed by atoms with Crippen LogP contribution >= 0.6 is 0 Å². The zero-order valence-corrected chi connectivity index (χ0v) is 13.1. The number of fused-ring (bicyclic) bond motifs is 1. The average molecular weight is 312 g/mol. The van der Waals surface area contributed by atoms with E-state index in [2.05, 4.69) is 17.6 Å². The normalized spacial score (nSPS) is 12.2. The van der Waals surface area contributed by atoms with Gasteiger partial charge in [-0.2, -0.15) is 0 Å². The Morgan fingerprint density at radius 3 is 2.57 bits per heavy atom.